The van der Waals surface area contributed by atoms with Gasteiger partial charge in [-0.3, -0.25) is 0 Å². The predicted molar refractivity (Wildman–Crippen MR) is 75.9 cm³/mol. The number of hydrogen-bond acceptors (Lipinski definition) is 1. The lowest BCUT2D eigenvalue weighted by Crippen LogP contribution is -2.18. The van der Waals surface area contributed by atoms with E-state index in [9.17, 15) is 0 Å². The van der Waals surface area contributed by atoms with Crippen molar-refractivity contribution in [2.45, 2.75) is 17.5 Å². The van der Waals surface area contributed by atoms with E-state index in [-0.39, 0.29) is 6.10 Å². The van der Waals surface area contributed by atoms with Crippen molar-refractivity contribution in [2.24, 2.45) is 0 Å². The van der Waals surface area contributed by atoms with E-state index in [0.717, 1.165) is 11.1 Å². The second-order valence-electron chi connectivity index (χ2n) is 4.13. The van der Waals surface area contributed by atoms with E-state index in [1.807, 2.05) is 60.7 Å². The smallest absolute Gasteiger partial charge is 0.215 e. The summed E-state index contributed by atoms with van der Waals surface area (Å²) in [7, 11) is 0. The topological polar surface area (TPSA) is 9.23 Å². The van der Waals surface area contributed by atoms with Gasteiger partial charge in [-0.05, 0) is 18.1 Å². The van der Waals surface area contributed by atoms with Crippen molar-refractivity contribution in [2.75, 3.05) is 0 Å². The summed E-state index contributed by atoms with van der Waals surface area (Å²) in [4.78, 5) is 0. The van der Waals surface area contributed by atoms with Crippen LogP contribution in [0.25, 0.3) is 0 Å². The average Bonchev–Trinajstić information content (AvgIpc) is 2.37. The lowest BCUT2D eigenvalue weighted by molar-refractivity contribution is 0.0402. The third-order valence-electron chi connectivity index (χ3n) is 2.53. The number of ether oxygens (including phenoxy) is 1. The SMILES string of the molecule is CC(Cl)(Cl)OC(c1ccccc1)c1ccccc1. The van der Waals surface area contributed by atoms with Crippen molar-refractivity contribution in [1.82, 2.24) is 0 Å². The molecular weight excluding hydrogens is 267 g/mol. The Morgan fingerprint density at radius 1 is 0.833 bits per heavy atom. The minimum Gasteiger partial charge on any atom is -0.334 e. The van der Waals surface area contributed by atoms with Crippen molar-refractivity contribution < 1.29 is 4.74 Å². The first-order chi connectivity index (χ1) is 8.56. The Morgan fingerprint density at radius 3 is 1.56 bits per heavy atom. The maximum absolute atomic E-state index is 5.97. The molecule has 0 unspecified atom stereocenters. The Balaban J connectivity index is 2.36. The summed E-state index contributed by atoms with van der Waals surface area (Å²) in [6.45, 7) is 1.62. The van der Waals surface area contributed by atoms with E-state index in [0.29, 0.717) is 0 Å². The molecule has 0 spiro atoms. The zero-order chi connectivity index (χ0) is 13.0. The Morgan fingerprint density at radius 2 is 1.22 bits per heavy atom. The Kier molecular flexibility index (Phi) is 4.28. The Bertz CT molecular complexity index is 437. The van der Waals surface area contributed by atoms with Crippen molar-refractivity contribution in [3.05, 3.63) is 71.8 Å². The van der Waals surface area contributed by atoms with Gasteiger partial charge < -0.3 is 4.74 Å². The molecule has 3 heteroatoms. The lowest BCUT2D eigenvalue weighted by Gasteiger charge is -2.24. The fourth-order valence-corrected chi connectivity index (χ4v) is 1.97. The molecule has 0 aliphatic rings. The molecule has 0 saturated heterocycles. The van der Waals surface area contributed by atoms with E-state index < -0.39 is 4.52 Å². The summed E-state index contributed by atoms with van der Waals surface area (Å²) in [5.74, 6) is 0. The quantitative estimate of drug-likeness (QED) is 0.721. The van der Waals surface area contributed by atoms with Crippen LogP contribution in [0, 0.1) is 0 Å². The number of halogens is 2. The van der Waals surface area contributed by atoms with Gasteiger partial charge in [-0.25, -0.2) is 0 Å². The van der Waals surface area contributed by atoms with Gasteiger partial charge in [-0.1, -0.05) is 83.9 Å². The van der Waals surface area contributed by atoms with Crippen molar-refractivity contribution in [1.29, 1.82) is 0 Å². The number of rotatable bonds is 4. The molecular formula is C15H14Cl2O. The van der Waals surface area contributed by atoms with Crippen molar-refractivity contribution in [3.8, 4) is 0 Å². The zero-order valence-electron chi connectivity index (χ0n) is 10.0. The van der Waals surface area contributed by atoms with Crippen molar-refractivity contribution in [3.63, 3.8) is 0 Å². The standard InChI is InChI=1S/C15H14Cl2O/c1-15(16,17)18-14(12-8-4-2-5-9-12)13-10-6-3-7-11-13/h2-11,14H,1H3. The van der Waals surface area contributed by atoms with Gasteiger partial charge >= 0.3 is 0 Å². The highest BCUT2D eigenvalue weighted by Gasteiger charge is 2.25. The summed E-state index contributed by atoms with van der Waals surface area (Å²) >= 11 is 11.9. The molecule has 2 aromatic carbocycles. The van der Waals surface area contributed by atoms with E-state index in [4.69, 9.17) is 27.9 Å². The number of hydrogen-bond donors (Lipinski definition) is 0. The molecule has 2 rings (SSSR count). The maximum Gasteiger partial charge on any atom is 0.215 e. The van der Waals surface area contributed by atoms with Gasteiger partial charge in [-0.15, -0.1) is 0 Å². The molecule has 0 atom stereocenters. The molecule has 2 aromatic rings. The number of alkyl halides is 2. The number of benzene rings is 2. The van der Waals surface area contributed by atoms with E-state index in [1.165, 1.54) is 0 Å². The molecule has 0 aliphatic carbocycles. The Hall–Kier alpha value is -1.02. The van der Waals surface area contributed by atoms with Crippen LogP contribution in [0.4, 0.5) is 0 Å². The highest BCUT2D eigenvalue weighted by atomic mass is 35.5. The molecule has 94 valence electrons. The summed E-state index contributed by atoms with van der Waals surface area (Å²) in [5.41, 5.74) is 2.05. The van der Waals surface area contributed by atoms with E-state index in [2.05, 4.69) is 0 Å². The van der Waals surface area contributed by atoms with Crippen LogP contribution in [0.5, 0.6) is 0 Å². The van der Waals surface area contributed by atoms with E-state index >= 15 is 0 Å². The largest absolute Gasteiger partial charge is 0.334 e. The fraction of sp³-hybridized carbons (Fsp3) is 0.200. The van der Waals surface area contributed by atoms with Crippen LogP contribution in [0.1, 0.15) is 24.2 Å². The summed E-state index contributed by atoms with van der Waals surface area (Å²) < 4.78 is 4.51. The lowest BCUT2D eigenvalue weighted by atomic mass is 10.0. The van der Waals surface area contributed by atoms with Gasteiger partial charge in [-0.2, -0.15) is 0 Å². The molecule has 0 aliphatic heterocycles. The van der Waals surface area contributed by atoms with Crippen LogP contribution in [0.15, 0.2) is 60.7 Å². The molecule has 1 nitrogen and oxygen atoms in total. The van der Waals surface area contributed by atoms with Crippen LogP contribution >= 0.6 is 23.2 Å². The average molecular weight is 281 g/mol. The molecule has 0 aromatic heterocycles. The second kappa shape index (κ2) is 5.75. The van der Waals surface area contributed by atoms with Gasteiger partial charge in [0.25, 0.3) is 0 Å². The molecule has 0 radical (unpaired) electrons. The zero-order valence-corrected chi connectivity index (χ0v) is 11.5. The van der Waals surface area contributed by atoms with Crippen LogP contribution < -0.4 is 0 Å². The van der Waals surface area contributed by atoms with Crippen LogP contribution in [-0.2, 0) is 4.74 Å². The first-order valence-electron chi connectivity index (χ1n) is 5.72. The van der Waals surface area contributed by atoms with Crippen LogP contribution in [0.2, 0.25) is 0 Å². The fourth-order valence-electron chi connectivity index (χ4n) is 1.79. The van der Waals surface area contributed by atoms with Gasteiger partial charge in [0.1, 0.15) is 6.10 Å². The van der Waals surface area contributed by atoms with Gasteiger partial charge in [0.05, 0.1) is 0 Å². The van der Waals surface area contributed by atoms with Gasteiger partial charge in [0.2, 0.25) is 4.52 Å². The maximum atomic E-state index is 5.97. The van der Waals surface area contributed by atoms with E-state index in [1.54, 1.807) is 6.92 Å². The molecule has 0 fully saturated rings. The van der Waals surface area contributed by atoms with Crippen LogP contribution in [-0.4, -0.2) is 4.52 Å². The molecule has 0 saturated carbocycles. The molecule has 0 amide bonds. The summed E-state index contributed by atoms with van der Waals surface area (Å²) in [6.07, 6.45) is -0.271. The van der Waals surface area contributed by atoms with Gasteiger partial charge in [0, 0.05) is 0 Å². The predicted octanol–water partition coefficient (Wildman–Crippen LogP) is 4.94. The van der Waals surface area contributed by atoms with Crippen molar-refractivity contribution >= 4 is 23.2 Å². The highest BCUT2D eigenvalue weighted by Crippen LogP contribution is 2.34. The summed E-state index contributed by atoms with van der Waals surface area (Å²) in [6, 6.07) is 19.8. The Labute approximate surface area is 117 Å². The third-order valence-corrected chi connectivity index (χ3v) is 2.71. The second-order valence-corrected chi connectivity index (χ2v) is 5.76. The first kappa shape index (κ1) is 13.4. The van der Waals surface area contributed by atoms with Crippen LogP contribution in [0.3, 0.4) is 0 Å². The normalized spacial score (nSPS) is 11.8. The first-order valence-corrected chi connectivity index (χ1v) is 6.47. The minimum absolute atomic E-state index is 0.271. The third kappa shape index (κ3) is 3.74. The van der Waals surface area contributed by atoms with Gasteiger partial charge in [0.15, 0.2) is 0 Å². The monoisotopic (exact) mass is 280 g/mol. The molecule has 0 heterocycles. The molecule has 0 N–H and O–H groups in total. The highest BCUT2D eigenvalue weighted by molar-refractivity contribution is 6.46. The molecule has 0 bridgehead atoms. The minimum atomic E-state index is -1.23. The summed E-state index contributed by atoms with van der Waals surface area (Å²) in [5, 5.41) is 0. The molecule has 18 heavy (non-hydrogen) atoms.